The molecule has 5 heteroatoms. The Bertz CT molecular complexity index is 640. The third-order valence-corrected chi connectivity index (χ3v) is 10.4. The number of aliphatic hydroxyl groups excluding tert-OH is 3. The highest BCUT2D eigenvalue weighted by Gasteiger charge is 2.65. The lowest BCUT2D eigenvalue weighted by Crippen LogP contribution is -2.62. The van der Waals surface area contributed by atoms with Crippen molar-refractivity contribution in [3.05, 3.63) is 0 Å². The minimum atomic E-state index is -0.369. The number of carbonyl (C=O) groups excluding carboxylic acids is 1. The van der Waals surface area contributed by atoms with E-state index in [0.29, 0.717) is 36.0 Å². The maximum atomic E-state index is 11.5. The SMILES string of the molecule is C[C@H](CCC(N)=O)[C@H]1CCC2C3C(C[C@H](O)[C@@]21C)[C@@]1(C)CC[C@@H](O)C[C@@H]1C[C@H]3O. The van der Waals surface area contributed by atoms with Gasteiger partial charge in [-0.15, -0.1) is 0 Å². The van der Waals surface area contributed by atoms with E-state index in [1.165, 1.54) is 0 Å². The molecule has 0 spiro atoms. The lowest BCUT2D eigenvalue weighted by Gasteiger charge is -2.63. The first-order valence-electron chi connectivity index (χ1n) is 11.9. The first-order chi connectivity index (χ1) is 13.6. The molecule has 4 saturated carbocycles. The maximum Gasteiger partial charge on any atom is 0.217 e. The summed E-state index contributed by atoms with van der Waals surface area (Å²) in [5, 5.41) is 33.0. The van der Waals surface area contributed by atoms with E-state index in [9.17, 15) is 20.1 Å². The second kappa shape index (κ2) is 7.49. The summed E-state index contributed by atoms with van der Waals surface area (Å²) in [6.07, 6.45) is 6.56. The van der Waals surface area contributed by atoms with Crippen LogP contribution in [0.4, 0.5) is 0 Å². The zero-order valence-corrected chi connectivity index (χ0v) is 18.4. The molecule has 0 saturated heterocycles. The standard InChI is InChI=1S/C24H41NO4/c1-13(4-7-21(25)29)16-5-6-17-22-18(12-20(28)24(16,17)3)23(2)9-8-15(26)10-14(23)11-19(22)27/h13-20,22,26-28H,4-12H2,1-3H3,(H2,25,29)/t13-,14-,15-,16-,17?,18?,19-,20+,22?,23+,24-/m1/s1. The van der Waals surface area contributed by atoms with Gasteiger partial charge in [0.1, 0.15) is 0 Å². The van der Waals surface area contributed by atoms with Crippen molar-refractivity contribution in [1.29, 1.82) is 0 Å². The number of rotatable bonds is 4. The Morgan fingerprint density at radius 1 is 1.07 bits per heavy atom. The minimum absolute atomic E-state index is 0.112. The van der Waals surface area contributed by atoms with Crippen molar-refractivity contribution in [1.82, 2.24) is 0 Å². The van der Waals surface area contributed by atoms with Gasteiger partial charge in [-0.05, 0) is 97.7 Å². The van der Waals surface area contributed by atoms with E-state index in [-0.39, 0.29) is 41.0 Å². The average molecular weight is 408 g/mol. The number of hydrogen-bond donors (Lipinski definition) is 4. The van der Waals surface area contributed by atoms with Crippen LogP contribution in [-0.2, 0) is 4.79 Å². The Morgan fingerprint density at radius 3 is 2.48 bits per heavy atom. The van der Waals surface area contributed by atoms with E-state index in [1.54, 1.807) is 0 Å². The lowest BCUT2D eigenvalue weighted by atomic mass is 9.43. The van der Waals surface area contributed by atoms with Gasteiger partial charge in [0.15, 0.2) is 0 Å². The lowest BCUT2D eigenvalue weighted by molar-refractivity contribution is -0.207. The molecule has 4 rings (SSSR count). The molecule has 0 aromatic heterocycles. The Hall–Kier alpha value is -0.650. The highest BCUT2D eigenvalue weighted by molar-refractivity contribution is 5.73. The van der Waals surface area contributed by atoms with Crippen molar-refractivity contribution in [3.8, 4) is 0 Å². The molecule has 0 aliphatic heterocycles. The highest BCUT2D eigenvalue weighted by Crippen LogP contribution is 2.68. The minimum Gasteiger partial charge on any atom is -0.393 e. The average Bonchev–Trinajstić information content (AvgIpc) is 3.01. The molecule has 5 nitrogen and oxygen atoms in total. The number of nitrogens with two attached hydrogens (primary N) is 1. The Balaban J connectivity index is 1.61. The van der Waals surface area contributed by atoms with Crippen LogP contribution in [0.25, 0.3) is 0 Å². The van der Waals surface area contributed by atoms with Crippen molar-refractivity contribution in [2.45, 2.75) is 96.9 Å². The summed E-state index contributed by atoms with van der Waals surface area (Å²) in [5.41, 5.74) is 5.30. The van der Waals surface area contributed by atoms with Crippen molar-refractivity contribution in [2.75, 3.05) is 0 Å². The number of carbonyl (C=O) groups is 1. The van der Waals surface area contributed by atoms with Gasteiger partial charge in [-0.1, -0.05) is 20.8 Å². The van der Waals surface area contributed by atoms with E-state index in [4.69, 9.17) is 5.73 Å². The quantitative estimate of drug-likeness (QED) is 0.575. The molecule has 0 heterocycles. The van der Waals surface area contributed by atoms with E-state index in [0.717, 1.165) is 51.4 Å². The summed E-state index contributed by atoms with van der Waals surface area (Å²) < 4.78 is 0. The first-order valence-corrected chi connectivity index (χ1v) is 11.9. The predicted molar refractivity (Wildman–Crippen MR) is 112 cm³/mol. The van der Waals surface area contributed by atoms with Gasteiger partial charge in [-0.25, -0.2) is 0 Å². The molecular weight excluding hydrogens is 366 g/mol. The van der Waals surface area contributed by atoms with Crippen LogP contribution >= 0.6 is 0 Å². The monoisotopic (exact) mass is 407 g/mol. The van der Waals surface area contributed by atoms with E-state index < -0.39 is 0 Å². The molecule has 0 bridgehead atoms. The summed E-state index contributed by atoms with van der Waals surface area (Å²) in [5.74, 6) is 1.72. The van der Waals surface area contributed by atoms with E-state index in [1.807, 2.05) is 0 Å². The van der Waals surface area contributed by atoms with Crippen LogP contribution < -0.4 is 5.73 Å². The molecule has 0 radical (unpaired) electrons. The van der Waals surface area contributed by atoms with Gasteiger partial charge in [0, 0.05) is 6.42 Å². The van der Waals surface area contributed by atoms with E-state index in [2.05, 4.69) is 20.8 Å². The molecule has 1 amide bonds. The summed E-state index contributed by atoms with van der Waals surface area (Å²) in [7, 11) is 0. The van der Waals surface area contributed by atoms with Crippen molar-refractivity contribution in [3.63, 3.8) is 0 Å². The third-order valence-electron chi connectivity index (χ3n) is 10.4. The zero-order chi connectivity index (χ0) is 21.1. The molecule has 4 aliphatic carbocycles. The van der Waals surface area contributed by atoms with Gasteiger partial charge in [0.25, 0.3) is 0 Å². The molecule has 5 N–H and O–H groups in total. The molecule has 29 heavy (non-hydrogen) atoms. The molecule has 3 unspecified atom stereocenters. The molecule has 4 aliphatic rings. The number of hydrogen-bond acceptors (Lipinski definition) is 4. The number of aliphatic hydroxyl groups is 3. The fourth-order valence-corrected chi connectivity index (χ4v) is 8.70. The Labute approximate surface area is 175 Å². The fourth-order valence-electron chi connectivity index (χ4n) is 8.70. The molecular formula is C24H41NO4. The topological polar surface area (TPSA) is 104 Å². The largest absolute Gasteiger partial charge is 0.393 e. The number of primary amides is 1. The maximum absolute atomic E-state index is 11.5. The smallest absolute Gasteiger partial charge is 0.217 e. The third kappa shape index (κ3) is 3.27. The van der Waals surface area contributed by atoms with Gasteiger partial charge in [-0.2, -0.15) is 0 Å². The van der Waals surface area contributed by atoms with E-state index >= 15 is 0 Å². The second-order valence-corrected chi connectivity index (χ2v) is 11.5. The van der Waals surface area contributed by atoms with Crippen LogP contribution in [0, 0.1) is 46.3 Å². The molecule has 11 atom stereocenters. The summed E-state index contributed by atoms with van der Waals surface area (Å²) in [6.45, 7) is 6.82. The van der Waals surface area contributed by atoms with Gasteiger partial charge < -0.3 is 21.1 Å². The van der Waals surface area contributed by atoms with Crippen LogP contribution in [-0.4, -0.2) is 39.5 Å². The van der Waals surface area contributed by atoms with Crippen LogP contribution in [0.5, 0.6) is 0 Å². The normalized spacial score (nSPS) is 52.9. The zero-order valence-electron chi connectivity index (χ0n) is 18.4. The highest BCUT2D eigenvalue weighted by atomic mass is 16.3. The van der Waals surface area contributed by atoms with Crippen molar-refractivity contribution in [2.24, 2.45) is 52.1 Å². The van der Waals surface area contributed by atoms with Gasteiger partial charge in [0.05, 0.1) is 18.3 Å². The van der Waals surface area contributed by atoms with Crippen LogP contribution in [0.3, 0.4) is 0 Å². The van der Waals surface area contributed by atoms with Crippen LogP contribution in [0.2, 0.25) is 0 Å². The Kier molecular flexibility index (Phi) is 5.57. The number of amides is 1. The van der Waals surface area contributed by atoms with Crippen LogP contribution in [0.15, 0.2) is 0 Å². The molecule has 166 valence electrons. The predicted octanol–water partition coefficient (Wildman–Crippen LogP) is 2.85. The summed E-state index contributed by atoms with van der Waals surface area (Å²) in [4.78, 5) is 11.3. The summed E-state index contributed by atoms with van der Waals surface area (Å²) in [6, 6.07) is 0. The molecule has 4 fully saturated rings. The van der Waals surface area contributed by atoms with Gasteiger partial charge >= 0.3 is 0 Å². The van der Waals surface area contributed by atoms with Gasteiger partial charge in [0.2, 0.25) is 5.91 Å². The van der Waals surface area contributed by atoms with Crippen LogP contribution in [0.1, 0.15) is 78.6 Å². The second-order valence-electron chi connectivity index (χ2n) is 11.5. The van der Waals surface area contributed by atoms with Crippen molar-refractivity contribution < 1.29 is 20.1 Å². The Morgan fingerprint density at radius 2 is 1.79 bits per heavy atom. The van der Waals surface area contributed by atoms with Gasteiger partial charge in [-0.3, -0.25) is 4.79 Å². The molecule has 0 aromatic carbocycles. The fraction of sp³-hybridized carbons (Fsp3) is 0.958. The first kappa shape index (κ1) is 21.6. The van der Waals surface area contributed by atoms with Crippen molar-refractivity contribution >= 4 is 5.91 Å². The molecule has 0 aromatic rings. The summed E-state index contributed by atoms with van der Waals surface area (Å²) >= 11 is 0. The number of fused-ring (bicyclic) bond motifs is 5.